The molecule has 0 aromatic rings. The molecular formula is C18H26Cl2Hf. The van der Waals surface area contributed by atoms with Gasteiger partial charge in [-0.2, -0.15) is 0 Å². The van der Waals surface area contributed by atoms with Crippen molar-refractivity contribution >= 4 is 0 Å². The van der Waals surface area contributed by atoms with E-state index in [9.17, 15) is 0 Å². The molecule has 0 aliphatic heterocycles. The standard InChI is InChI=1S/2C9H13.2ClH.Hf/c2*1-7(2)9-5-4-8(3)6-9;;;/h2*5,7H,4H2,1-3H3;2*1H;/q;;;;+2/p-2. The number of allylic oxidation sites excluding steroid dienone is 8. The van der Waals surface area contributed by atoms with E-state index in [4.69, 9.17) is 0 Å². The Kier molecular flexibility index (Phi) is 9.06. The van der Waals surface area contributed by atoms with Crippen molar-refractivity contribution in [1.29, 1.82) is 0 Å². The van der Waals surface area contributed by atoms with E-state index in [-0.39, 0.29) is 24.8 Å². The van der Waals surface area contributed by atoms with E-state index in [0.29, 0.717) is 11.8 Å². The van der Waals surface area contributed by atoms with Crippen LogP contribution in [0.4, 0.5) is 0 Å². The molecule has 3 heteroatoms. The van der Waals surface area contributed by atoms with Crippen LogP contribution in [0.25, 0.3) is 0 Å². The van der Waals surface area contributed by atoms with Crippen LogP contribution in [0.5, 0.6) is 0 Å². The summed E-state index contributed by atoms with van der Waals surface area (Å²) >= 11 is -0.867. The number of hydrogen-bond acceptors (Lipinski definition) is 0. The van der Waals surface area contributed by atoms with E-state index in [1.165, 1.54) is 12.8 Å². The maximum Gasteiger partial charge on any atom is -1.00 e. The monoisotopic (exact) mass is 492 g/mol. The fourth-order valence-corrected chi connectivity index (χ4v) is 9.97. The van der Waals surface area contributed by atoms with Gasteiger partial charge < -0.3 is 24.8 Å². The topological polar surface area (TPSA) is 0 Å². The van der Waals surface area contributed by atoms with Gasteiger partial charge in [-0.15, -0.1) is 0 Å². The van der Waals surface area contributed by atoms with Gasteiger partial charge in [-0.1, -0.05) is 0 Å². The Bertz CT molecular complexity index is 459. The van der Waals surface area contributed by atoms with Gasteiger partial charge in [-0.05, 0) is 0 Å². The van der Waals surface area contributed by atoms with Gasteiger partial charge in [0, 0.05) is 0 Å². The first kappa shape index (κ1) is 21.4. The van der Waals surface area contributed by atoms with E-state index in [0.717, 1.165) is 0 Å². The van der Waals surface area contributed by atoms with Crippen molar-refractivity contribution in [1.82, 2.24) is 0 Å². The van der Waals surface area contributed by atoms with Crippen molar-refractivity contribution in [2.45, 2.75) is 54.4 Å². The minimum Gasteiger partial charge on any atom is -1.00 e. The fraction of sp³-hybridized carbons (Fsp3) is 0.556. The molecule has 0 atom stereocenters. The molecule has 0 saturated heterocycles. The molecule has 0 aromatic heterocycles. The molecule has 0 radical (unpaired) electrons. The summed E-state index contributed by atoms with van der Waals surface area (Å²) in [6.45, 7) is 14.1. The molecule has 0 aromatic carbocycles. The van der Waals surface area contributed by atoms with Gasteiger partial charge in [-0.3, -0.25) is 0 Å². The zero-order chi connectivity index (χ0) is 14.2. The van der Waals surface area contributed by atoms with E-state index in [1.807, 2.05) is 6.66 Å². The first-order chi connectivity index (χ1) is 8.91. The van der Waals surface area contributed by atoms with E-state index in [1.54, 1.807) is 22.3 Å². The molecule has 2 rings (SSSR count). The maximum atomic E-state index is 2.49. The quantitative estimate of drug-likeness (QED) is 0.470. The SMILES string of the molecule is CC1=[C]([Hf+2][C]2=C(C)CC=C2C(C)C)C(C(C)C)=CC1.[Cl-].[Cl-]. The third kappa shape index (κ3) is 4.69. The van der Waals surface area contributed by atoms with Crippen molar-refractivity contribution < 1.29 is 47.7 Å². The Balaban J connectivity index is 0.00000200. The van der Waals surface area contributed by atoms with Crippen molar-refractivity contribution in [2.75, 3.05) is 0 Å². The van der Waals surface area contributed by atoms with Gasteiger partial charge in [0.25, 0.3) is 0 Å². The van der Waals surface area contributed by atoms with Crippen LogP contribution >= 0.6 is 0 Å². The van der Waals surface area contributed by atoms with E-state index in [2.05, 4.69) is 53.7 Å². The molecule has 0 saturated carbocycles. The number of rotatable bonds is 4. The average molecular weight is 492 g/mol. The van der Waals surface area contributed by atoms with Gasteiger partial charge in [0.15, 0.2) is 0 Å². The first-order valence-electron chi connectivity index (χ1n) is 7.49. The zero-order valence-corrected chi connectivity index (χ0v) is 19.1. The average Bonchev–Trinajstić information content (AvgIpc) is 2.85. The van der Waals surface area contributed by atoms with Crippen molar-refractivity contribution in [2.24, 2.45) is 11.8 Å². The molecule has 21 heavy (non-hydrogen) atoms. The first-order valence-corrected chi connectivity index (χ1v) is 11.1. The summed E-state index contributed by atoms with van der Waals surface area (Å²) in [5, 5.41) is 0. The third-order valence-electron chi connectivity index (χ3n) is 4.18. The fourth-order valence-electron chi connectivity index (χ4n) is 2.96. The van der Waals surface area contributed by atoms with Crippen LogP contribution in [0.1, 0.15) is 54.4 Å². The van der Waals surface area contributed by atoms with Gasteiger partial charge >= 0.3 is 130 Å². The summed E-state index contributed by atoms with van der Waals surface area (Å²) in [5.41, 5.74) is 6.69. The van der Waals surface area contributed by atoms with Gasteiger partial charge in [0.05, 0.1) is 0 Å². The Morgan fingerprint density at radius 3 is 1.38 bits per heavy atom. The Hall–Kier alpha value is 0.410. The summed E-state index contributed by atoms with van der Waals surface area (Å²) < 4.78 is 3.63. The normalized spacial score (nSPS) is 17.7. The smallest absolute Gasteiger partial charge is 1.00 e. The summed E-state index contributed by atoms with van der Waals surface area (Å²) in [4.78, 5) is 0. The van der Waals surface area contributed by atoms with Crippen LogP contribution in [0, 0.1) is 11.8 Å². The zero-order valence-electron chi connectivity index (χ0n) is 14.0. The molecular weight excluding hydrogens is 466 g/mol. The van der Waals surface area contributed by atoms with Crippen LogP contribution in [0.3, 0.4) is 0 Å². The van der Waals surface area contributed by atoms with Crippen LogP contribution in [-0.2, 0) is 22.9 Å². The van der Waals surface area contributed by atoms with Crippen LogP contribution < -0.4 is 24.8 Å². The largest absolute Gasteiger partial charge is 1.00 e. The van der Waals surface area contributed by atoms with Crippen LogP contribution in [-0.4, -0.2) is 0 Å². The predicted octanol–water partition coefficient (Wildman–Crippen LogP) is -0.403. The minimum atomic E-state index is -0.867. The second kappa shape index (κ2) is 8.89. The Morgan fingerprint density at radius 1 is 0.762 bits per heavy atom. The van der Waals surface area contributed by atoms with Crippen molar-refractivity contribution in [3.8, 4) is 0 Å². The summed E-state index contributed by atoms with van der Waals surface area (Å²) in [6.07, 6.45) is 7.41. The second-order valence-electron chi connectivity index (χ2n) is 6.47. The third-order valence-corrected chi connectivity index (χ3v) is 11.1. The van der Waals surface area contributed by atoms with Crippen LogP contribution in [0.15, 0.2) is 41.1 Å². The molecule has 0 amide bonds. The minimum absolute atomic E-state index is 0. The summed E-state index contributed by atoms with van der Waals surface area (Å²) in [7, 11) is 0. The molecule has 116 valence electrons. The molecule has 0 spiro atoms. The van der Waals surface area contributed by atoms with E-state index < -0.39 is 22.9 Å². The van der Waals surface area contributed by atoms with Gasteiger partial charge in [0.2, 0.25) is 0 Å². The summed E-state index contributed by atoms with van der Waals surface area (Å²) in [6, 6.07) is 0. The predicted molar refractivity (Wildman–Crippen MR) is 80.5 cm³/mol. The van der Waals surface area contributed by atoms with Gasteiger partial charge in [0.1, 0.15) is 0 Å². The molecule has 2 aliphatic carbocycles. The molecule has 0 fully saturated rings. The van der Waals surface area contributed by atoms with Gasteiger partial charge in [-0.25, -0.2) is 0 Å². The molecule has 0 nitrogen and oxygen atoms in total. The van der Waals surface area contributed by atoms with E-state index >= 15 is 0 Å². The Morgan fingerprint density at radius 2 is 1.10 bits per heavy atom. The molecule has 0 heterocycles. The molecule has 0 unspecified atom stereocenters. The van der Waals surface area contributed by atoms with Crippen molar-refractivity contribution in [3.05, 3.63) is 41.1 Å². The molecule has 2 aliphatic rings. The summed E-state index contributed by atoms with van der Waals surface area (Å²) in [5.74, 6) is 1.41. The van der Waals surface area contributed by atoms with Crippen molar-refractivity contribution in [3.63, 3.8) is 0 Å². The Labute approximate surface area is 154 Å². The second-order valence-corrected chi connectivity index (χ2v) is 11.0. The number of halogens is 2. The number of hydrogen-bond donors (Lipinski definition) is 0. The maximum absolute atomic E-state index is 2.49. The van der Waals surface area contributed by atoms with Crippen LogP contribution in [0.2, 0.25) is 0 Å². The molecule has 0 bridgehead atoms. The molecule has 0 N–H and O–H groups in total.